The SMILES string of the molecule is Cc1ccccc1SCC(=O)N(C)CC(C)C. The lowest BCUT2D eigenvalue weighted by molar-refractivity contribution is -0.127. The number of carbonyl (C=O) groups excluding carboxylic acids is 1. The molecular weight excluding hydrogens is 230 g/mol. The topological polar surface area (TPSA) is 20.3 Å². The molecule has 1 aromatic carbocycles. The maximum Gasteiger partial charge on any atom is 0.232 e. The Morgan fingerprint density at radius 3 is 2.59 bits per heavy atom. The molecule has 0 unspecified atom stereocenters. The second-order valence-corrected chi connectivity index (χ2v) is 5.74. The Hall–Kier alpha value is -0.960. The summed E-state index contributed by atoms with van der Waals surface area (Å²) in [6.07, 6.45) is 0. The maximum absolute atomic E-state index is 11.9. The van der Waals surface area contributed by atoms with Crippen LogP contribution in [0, 0.1) is 12.8 Å². The molecule has 0 aromatic heterocycles. The molecule has 1 amide bonds. The summed E-state index contributed by atoms with van der Waals surface area (Å²) in [5.74, 6) is 1.24. The van der Waals surface area contributed by atoms with Crippen molar-refractivity contribution in [2.24, 2.45) is 5.92 Å². The summed E-state index contributed by atoms with van der Waals surface area (Å²) in [4.78, 5) is 14.9. The number of thioether (sulfide) groups is 1. The number of hydrogen-bond acceptors (Lipinski definition) is 2. The number of aryl methyl sites for hydroxylation is 1. The predicted octanol–water partition coefficient (Wildman–Crippen LogP) is 3.20. The zero-order valence-electron chi connectivity index (χ0n) is 11.1. The van der Waals surface area contributed by atoms with Gasteiger partial charge in [0.05, 0.1) is 5.75 Å². The zero-order chi connectivity index (χ0) is 12.8. The van der Waals surface area contributed by atoms with Crippen LogP contribution in [-0.4, -0.2) is 30.2 Å². The molecule has 1 aromatic rings. The van der Waals surface area contributed by atoms with Crippen LogP contribution in [0.2, 0.25) is 0 Å². The number of amides is 1. The predicted molar refractivity (Wildman–Crippen MR) is 74.4 cm³/mol. The molecule has 0 aliphatic carbocycles. The van der Waals surface area contributed by atoms with E-state index in [-0.39, 0.29) is 5.91 Å². The molecule has 0 aliphatic rings. The van der Waals surface area contributed by atoms with E-state index in [0.717, 1.165) is 6.54 Å². The van der Waals surface area contributed by atoms with E-state index in [2.05, 4.69) is 32.9 Å². The van der Waals surface area contributed by atoms with Crippen molar-refractivity contribution < 1.29 is 4.79 Å². The molecule has 0 heterocycles. The Bertz CT molecular complexity index is 376. The fraction of sp³-hybridized carbons (Fsp3) is 0.500. The fourth-order valence-electron chi connectivity index (χ4n) is 1.62. The van der Waals surface area contributed by atoms with Gasteiger partial charge in [-0.15, -0.1) is 11.8 Å². The summed E-state index contributed by atoms with van der Waals surface area (Å²) in [5, 5.41) is 0. The smallest absolute Gasteiger partial charge is 0.232 e. The molecule has 2 nitrogen and oxygen atoms in total. The average molecular weight is 251 g/mol. The van der Waals surface area contributed by atoms with Crippen LogP contribution in [0.15, 0.2) is 29.2 Å². The quantitative estimate of drug-likeness (QED) is 0.749. The van der Waals surface area contributed by atoms with Gasteiger partial charge < -0.3 is 4.90 Å². The van der Waals surface area contributed by atoms with Crippen molar-refractivity contribution in [1.29, 1.82) is 0 Å². The van der Waals surface area contributed by atoms with Crippen LogP contribution in [0.1, 0.15) is 19.4 Å². The Kier molecular flexibility index (Phi) is 5.56. The average Bonchev–Trinajstić information content (AvgIpc) is 2.26. The minimum absolute atomic E-state index is 0.201. The molecule has 0 saturated heterocycles. The lowest BCUT2D eigenvalue weighted by Gasteiger charge is -2.19. The van der Waals surface area contributed by atoms with E-state index in [4.69, 9.17) is 0 Å². The van der Waals surface area contributed by atoms with Gasteiger partial charge in [0.15, 0.2) is 0 Å². The minimum atomic E-state index is 0.201. The van der Waals surface area contributed by atoms with Crippen LogP contribution in [0.25, 0.3) is 0 Å². The van der Waals surface area contributed by atoms with Crippen molar-refractivity contribution in [2.75, 3.05) is 19.3 Å². The van der Waals surface area contributed by atoms with E-state index in [1.807, 2.05) is 24.1 Å². The van der Waals surface area contributed by atoms with E-state index in [1.54, 1.807) is 11.8 Å². The van der Waals surface area contributed by atoms with E-state index < -0.39 is 0 Å². The normalized spacial score (nSPS) is 10.6. The highest BCUT2D eigenvalue weighted by molar-refractivity contribution is 8.00. The van der Waals surface area contributed by atoms with Crippen molar-refractivity contribution in [3.8, 4) is 0 Å². The molecule has 0 radical (unpaired) electrons. The Morgan fingerprint density at radius 1 is 1.35 bits per heavy atom. The Balaban J connectivity index is 2.46. The lowest BCUT2D eigenvalue weighted by Crippen LogP contribution is -2.31. The summed E-state index contributed by atoms with van der Waals surface area (Å²) in [6, 6.07) is 8.17. The second kappa shape index (κ2) is 6.70. The van der Waals surface area contributed by atoms with Crippen molar-refractivity contribution >= 4 is 17.7 Å². The molecule has 0 N–H and O–H groups in total. The molecule has 17 heavy (non-hydrogen) atoms. The zero-order valence-corrected chi connectivity index (χ0v) is 11.9. The largest absolute Gasteiger partial charge is 0.345 e. The van der Waals surface area contributed by atoms with Crippen molar-refractivity contribution in [2.45, 2.75) is 25.7 Å². The minimum Gasteiger partial charge on any atom is -0.345 e. The Labute approximate surface area is 108 Å². The van der Waals surface area contributed by atoms with Crippen LogP contribution in [0.3, 0.4) is 0 Å². The van der Waals surface area contributed by atoms with Gasteiger partial charge in [-0.3, -0.25) is 4.79 Å². The van der Waals surface area contributed by atoms with Gasteiger partial charge in [-0.05, 0) is 24.5 Å². The molecule has 0 bridgehead atoms. The van der Waals surface area contributed by atoms with Crippen LogP contribution in [0.5, 0.6) is 0 Å². The highest BCUT2D eigenvalue weighted by Gasteiger charge is 2.10. The van der Waals surface area contributed by atoms with Gasteiger partial charge in [0.2, 0.25) is 5.91 Å². The van der Waals surface area contributed by atoms with Gasteiger partial charge in [-0.25, -0.2) is 0 Å². The van der Waals surface area contributed by atoms with E-state index in [9.17, 15) is 4.79 Å². The maximum atomic E-state index is 11.9. The number of nitrogens with zero attached hydrogens (tertiary/aromatic N) is 1. The molecule has 0 atom stereocenters. The molecule has 0 spiro atoms. The van der Waals surface area contributed by atoms with Crippen molar-refractivity contribution in [3.63, 3.8) is 0 Å². The number of hydrogen-bond donors (Lipinski definition) is 0. The van der Waals surface area contributed by atoms with Crippen molar-refractivity contribution in [1.82, 2.24) is 4.90 Å². The molecule has 0 saturated carbocycles. The van der Waals surface area contributed by atoms with Crippen LogP contribution < -0.4 is 0 Å². The monoisotopic (exact) mass is 251 g/mol. The fourth-order valence-corrected chi connectivity index (χ4v) is 2.59. The van der Waals surface area contributed by atoms with Gasteiger partial charge >= 0.3 is 0 Å². The van der Waals surface area contributed by atoms with E-state index >= 15 is 0 Å². The first-order valence-electron chi connectivity index (χ1n) is 5.93. The highest BCUT2D eigenvalue weighted by Crippen LogP contribution is 2.21. The van der Waals surface area contributed by atoms with Crippen LogP contribution in [0.4, 0.5) is 0 Å². The first-order chi connectivity index (χ1) is 8.00. The summed E-state index contributed by atoms with van der Waals surface area (Å²) >= 11 is 1.62. The molecule has 0 fully saturated rings. The Morgan fingerprint density at radius 2 is 2.00 bits per heavy atom. The molecule has 1 rings (SSSR count). The number of benzene rings is 1. The first-order valence-corrected chi connectivity index (χ1v) is 6.91. The van der Waals surface area contributed by atoms with E-state index in [1.165, 1.54) is 10.5 Å². The van der Waals surface area contributed by atoms with Gasteiger partial charge in [0.1, 0.15) is 0 Å². The van der Waals surface area contributed by atoms with Crippen LogP contribution >= 0.6 is 11.8 Å². The third kappa shape index (κ3) is 4.82. The summed E-state index contributed by atoms with van der Waals surface area (Å²) in [6.45, 7) is 7.15. The summed E-state index contributed by atoms with van der Waals surface area (Å²) < 4.78 is 0. The summed E-state index contributed by atoms with van der Waals surface area (Å²) in [5.41, 5.74) is 1.23. The lowest BCUT2D eigenvalue weighted by atomic mass is 10.2. The molecule has 94 valence electrons. The van der Waals surface area contributed by atoms with E-state index in [0.29, 0.717) is 11.7 Å². The van der Waals surface area contributed by atoms with Crippen molar-refractivity contribution in [3.05, 3.63) is 29.8 Å². The molecule has 3 heteroatoms. The highest BCUT2D eigenvalue weighted by atomic mass is 32.2. The van der Waals surface area contributed by atoms with Crippen LogP contribution in [-0.2, 0) is 4.79 Å². The number of carbonyl (C=O) groups is 1. The molecular formula is C14H21NOS. The van der Waals surface area contributed by atoms with Gasteiger partial charge in [0.25, 0.3) is 0 Å². The summed E-state index contributed by atoms with van der Waals surface area (Å²) in [7, 11) is 1.88. The second-order valence-electron chi connectivity index (χ2n) is 4.72. The number of rotatable bonds is 5. The van der Waals surface area contributed by atoms with Gasteiger partial charge in [-0.1, -0.05) is 32.0 Å². The molecule has 0 aliphatic heterocycles. The standard InChI is InChI=1S/C14H21NOS/c1-11(2)9-15(4)14(16)10-17-13-8-6-5-7-12(13)3/h5-8,11H,9-10H2,1-4H3. The van der Waals surface area contributed by atoms with Gasteiger partial charge in [0, 0.05) is 18.5 Å². The third-order valence-corrected chi connectivity index (χ3v) is 3.67. The van der Waals surface area contributed by atoms with Gasteiger partial charge in [-0.2, -0.15) is 0 Å². The third-order valence-electron chi connectivity index (χ3n) is 2.51. The first kappa shape index (κ1) is 14.1.